The van der Waals surface area contributed by atoms with Gasteiger partial charge in [-0.2, -0.15) is 0 Å². The van der Waals surface area contributed by atoms with Crippen LogP contribution < -0.4 is 15.5 Å². The predicted molar refractivity (Wildman–Crippen MR) is 108 cm³/mol. The number of hydrogen-bond donors (Lipinski definition) is 2. The molecule has 0 radical (unpaired) electrons. The van der Waals surface area contributed by atoms with Crippen LogP contribution in [0.5, 0.6) is 0 Å². The van der Waals surface area contributed by atoms with Crippen molar-refractivity contribution in [2.45, 2.75) is 19.4 Å². The molecule has 1 aliphatic heterocycles. The number of carbonyl (C=O) groups is 2. The number of amides is 2. The van der Waals surface area contributed by atoms with Crippen molar-refractivity contribution in [3.05, 3.63) is 40.7 Å². The minimum atomic E-state index is -0.319. The molecule has 0 aliphatic carbocycles. The van der Waals surface area contributed by atoms with Gasteiger partial charge in [0, 0.05) is 38.0 Å². The minimum Gasteiger partial charge on any atom is -0.354 e. The summed E-state index contributed by atoms with van der Waals surface area (Å²) in [7, 11) is 2.12. The topological polar surface area (TPSA) is 77.6 Å². The van der Waals surface area contributed by atoms with Gasteiger partial charge in [-0.1, -0.05) is 6.07 Å². The van der Waals surface area contributed by atoms with Gasteiger partial charge in [0.15, 0.2) is 0 Å². The first kappa shape index (κ1) is 19.3. The van der Waals surface area contributed by atoms with Crippen LogP contribution >= 0.6 is 11.3 Å². The van der Waals surface area contributed by atoms with Crippen LogP contribution in [0.3, 0.4) is 0 Å². The third-order valence-corrected chi connectivity index (χ3v) is 5.50. The van der Waals surface area contributed by atoms with Gasteiger partial charge in [0.25, 0.3) is 0 Å². The molecule has 1 atom stereocenters. The molecule has 0 bridgehead atoms. The zero-order valence-corrected chi connectivity index (χ0v) is 16.5. The summed E-state index contributed by atoms with van der Waals surface area (Å²) in [5.41, 5.74) is 0.658. The van der Waals surface area contributed by atoms with Gasteiger partial charge in [-0.05, 0) is 30.6 Å². The average Bonchev–Trinajstić information content (AvgIpc) is 3.17. The van der Waals surface area contributed by atoms with Crippen molar-refractivity contribution in [3.8, 4) is 0 Å². The molecular weight excluding hydrogens is 362 g/mol. The fraction of sp³-hybridized carbons (Fsp3) is 0.421. The van der Waals surface area contributed by atoms with Crippen molar-refractivity contribution in [1.29, 1.82) is 0 Å². The lowest BCUT2D eigenvalue weighted by atomic mass is 10.1. The van der Waals surface area contributed by atoms with Crippen LogP contribution in [0.1, 0.15) is 24.3 Å². The highest BCUT2D eigenvalue weighted by atomic mass is 32.1. The summed E-state index contributed by atoms with van der Waals surface area (Å²) in [6, 6.07) is 7.32. The molecule has 1 saturated heterocycles. The Morgan fingerprint density at radius 1 is 1.22 bits per heavy atom. The van der Waals surface area contributed by atoms with E-state index < -0.39 is 0 Å². The van der Waals surface area contributed by atoms with E-state index >= 15 is 0 Å². The van der Waals surface area contributed by atoms with E-state index in [0.717, 1.165) is 36.9 Å². The molecule has 1 aliphatic rings. The number of aromatic nitrogens is 1. The van der Waals surface area contributed by atoms with Gasteiger partial charge in [-0.3, -0.25) is 9.59 Å². The van der Waals surface area contributed by atoms with E-state index in [0.29, 0.717) is 5.69 Å². The molecule has 3 heterocycles. The van der Waals surface area contributed by atoms with Crippen LogP contribution in [-0.4, -0.2) is 54.9 Å². The van der Waals surface area contributed by atoms with Crippen molar-refractivity contribution < 1.29 is 9.59 Å². The van der Waals surface area contributed by atoms with E-state index in [9.17, 15) is 9.59 Å². The summed E-state index contributed by atoms with van der Waals surface area (Å²) in [6.45, 7) is 5.41. The maximum Gasteiger partial charge on any atom is 0.226 e. The molecular formula is C19H25N5O2S. The molecule has 3 rings (SSSR count). The molecule has 0 saturated carbocycles. The Morgan fingerprint density at radius 2 is 2.00 bits per heavy atom. The largest absolute Gasteiger partial charge is 0.354 e. The second kappa shape index (κ2) is 8.96. The highest BCUT2D eigenvalue weighted by Crippen LogP contribution is 2.23. The van der Waals surface area contributed by atoms with Crippen molar-refractivity contribution in [1.82, 2.24) is 15.2 Å². The molecule has 1 fully saturated rings. The molecule has 2 aromatic heterocycles. The summed E-state index contributed by atoms with van der Waals surface area (Å²) in [5.74, 6) is 0.617. The first-order valence-electron chi connectivity index (χ1n) is 9.01. The third kappa shape index (κ3) is 5.51. The van der Waals surface area contributed by atoms with Gasteiger partial charge in [0.1, 0.15) is 5.82 Å². The van der Waals surface area contributed by atoms with Gasteiger partial charge < -0.3 is 20.4 Å². The van der Waals surface area contributed by atoms with Gasteiger partial charge in [-0.15, -0.1) is 11.3 Å². The zero-order chi connectivity index (χ0) is 19.2. The molecule has 7 nitrogen and oxygen atoms in total. The van der Waals surface area contributed by atoms with Gasteiger partial charge >= 0.3 is 0 Å². The molecule has 1 unspecified atom stereocenters. The monoisotopic (exact) mass is 387 g/mol. The molecule has 2 N–H and O–H groups in total. The summed E-state index contributed by atoms with van der Waals surface area (Å²) in [6.07, 6.45) is 1.87. The number of nitrogens with one attached hydrogen (secondary N) is 2. The quantitative estimate of drug-likeness (QED) is 0.794. The number of carbonyl (C=O) groups excluding carboxylic acids is 2. The smallest absolute Gasteiger partial charge is 0.226 e. The van der Waals surface area contributed by atoms with E-state index in [4.69, 9.17) is 0 Å². The summed E-state index contributed by atoms with van der Waals surface area (Å²) in [5, 5.41) is 7.64. The number of thiophene rings is 1. The van der Waals surface area contributed by atoms with Crippen LogP contribution in [0.15, 0.2) is 35.8 Å². The Balaban J connectivity index is 1.57. The predicted octanol–water partition coefficient (Wildman–Crippen LogP) is 2.10. The summed E-state index contributed by atoms with van der Waals surface area (Å²) >= 11 is 1.52. The Labute approximate surface area is 163 Å². The third-order valence-electron chi connectivity index (χ3n) is 4.51. The van der Waals surface area contributed by atoms with Crippen molar-refractivity contribution in [3.63, 3.8) is 0 Å². The maximum absolute atomic E-state index is 12.4. The number of hydrogen-bond acceptors (Lipinski definition) is 6. The highest BCUT2D eigenvalue weighted by molar-refractivity contribution is 7.10. The second-order valence-electron chi connectivity index (χ2n) is 6.72. The molecule has 2 amide bonds. The molecule has 8 heteroatoms. The van der Waals surface area contributed by atoms with Crippen molar-refractivity contribution >= 4 is 34.7 Å². The molecule has 144 valence electrons. The van der Waals surface area contributed by atoms with Gasteiger partial charge in [0.2, 0.25) is 11.8 Å². The van der Waals surface area contributed by atoms with E-state index in [2.05, 4.69) is 32.5 Å². The number of nitrogens with zero attached hydrogens (tertiary/aromatic N) is 3. The number of rotatable bonds is 6. The number of piperazine rings is 1. The van der Waals surface area contributed by atoms with Crippen LogP contribution in [-0.2, 0) is 9.59 Å². The minimum absolute atomic E-state index is 0.153. The second-order valence-corrected chi connectivity index (χ2v) is 7.70. The first-order chi connectivity index (χ1) is 13.0. The normalized spacial score (nSPS) is 16.0. The Kier molecular flexibility index (Phi) is 6.41. The number of pyridine rings is 1. The lowest BCUT2D eigenvalue weighted by Gasteiger charge is -2.33. The van der Waals surface area contributed by atoms with E-state index in [1.807, 2.05) is 29.6 Å². The standard InChI is InChI=1S/C19H25N5O2S/c1-14(25)21-16(17-4-3-11-27-17)12-19(26)22-15-5-6-18(20-13-15)24-9-7-23(2)8-10-24/h3-6,11,13,16H,7-10,12H2,1-2H3,(H,21,25)(H,22,26). The van der Waals surface area contributed by atoms with Gasteiger partial charge in [0.05, 0.1) is 24.3 Å². The SMILES string of the molecule is CC(=O)NC(CC(=O)Nc1ccc(N2CCN(C)CC2)nc1)c1cccs1. The fourth-order valence-corrected chi connectivity index (χ4v) is 3.82. The van der Waals surface area contributed by atoms with E-state index in [-0.39, 0.29) is 24.3 Å². The van der Waals surface area contributed by atoms with Crippen LogP contribution in [0.2, 0.25) is 0 Å². The zero-order valence-electron chi connectivity index (χ0n) is 15.6. The molecule has 27 heavy (non-hydrogen) atoms. The van der Waals surface area contributed by atoms with Crippen LogP contribution in [0, 0.1) is 0 Å². The average molecular weight is 388 g/mol. The summed E-state index contributed by atoms with van der Waals surface area (Å²) in [4.78, 5) is 33.8. The highest BCUT2D eigenvalue weighted by Gasteiger charge is 2.19. The Hall–Kier alpha value is -2.45. The van der Waals surface area contributed by atoms with E-state index in [1.54, 1.807) is 6.20 Å². The lowest BCUT2D eigenvalue weighted by Crippen LogP contribution is -2.44. The fourth-order valence-electron chi connectivity index (χ4n) is 3.04. The molecule has 0 spiro atoms. The lowest BCUT2D eigenvalue weighted by molar-refractivity contribution is -0.120. The summed E-state index contributed by atoms with van der Waals surface area (Å²) < 4.78 is 0. The molecule has 0 aromatic carbocycles. The Bertz CT molecular complexity index is 755. The molecule has 2 aromatic rings. The van der Waals surface area contributed by atoms with Crippen LogP contribution in [0.25, 0.3) is 0 Å². The van der Waals surface area contributed by atoms with Crippen LogP contribution in [0.4, 0.5) is 11.5 Å². The number of likely N-dealkylation sites (N-methyl/N-ethyl adjacent to an activating group) is 1. The van der Waals surface area contributed by atoms with Crippen molar-refractivity contribution in [2.75, 3.05) is 43.4 Å². The Morgan fingerprint density at radius 3 is 2.59 bits per heavy atom. The van der Waals surface area contributed by atoms with E-state index in [1.165, 1.54) is 18.3 Å². The first-order valence-corrected chi connectivity index (χ1v) is 9.89. The maximum atomic E-state index is 12.4. The number of anilines is 2. The van der Waals surface area contributed by atoms with Gasteiger partial charge in [-0.25, -0.2) is 4.98 Å². The van der Waals surface area contributed by atoms with Crippen molar-refractivity contribution in [2.24, 2.45) is 0 Å².